The van der Waals surface area contributed by atoms with E-state index in [0.29, 0.717) is 0 Å². The lowest BCUT2D eigenvalue weighted by Gasteiger charge is -2.25. The Kier molecular flexibility index (Phi) is 12.5. The number of carboxylic acids is 2. The highest BCUT2D eigenvalue weighted by Crippen LogP contribution is 2.05. The zero-order valence-corrected chi connectivity index (χ0v) is 17.9. The van der Waals surface area contributed by atoms with Crippen molar-refractivity contribution in [2.24, 2.45) is 17.4 Å². The summed E-state index contributed by atoms with van der Waals surface area (Å²) in [6, 6.07) is -5.47. The largest absolute Gasteiger partial charge is 0.481 e. The van der Waals surface area contributed by atoms with E-state index in [-0.39, 0.29) is 18.8 Å². The SMILES string of the molecule is CC(C)C(N)C(=O)NC(CCC(N)=O)C(=O)NC(CCC(=O)O)C(=O)NC(CO)C(=O)O. The van der Waals surface area contributed by atoms with Crippen molar-refractivity contribution < 1.29 is 44.1 Å². The molecule has 0 bridgehead atoms. The number of carboxylic acid groups (broad SMARTS) is 2. The van der Waals surface area contributed by atoms with E-state index in [2.05, 4.69) is 10.6 Å². The lowest BCUT2D eigenvalue weighted by atomic mass is 10.0. The number of carbonyl (C=O) groups is 6. The van der Waals surface area contributed by atoms with Crippen molar-refractivity contribution in [3.63, 3.8) is 0 Å². The maximum atomic E-state index is 12.7. The van der Waals surface area contributed by atoms with E-state index >= 15 is 0 Å². The van der Waals surface area contributed by atoms with Gasteiger partial charge in [0.2, 0.25) is 23.6 Å². The zero-order valence-electron chi connectivity index (χ0n) is 17.9. The molecule has 0 spiro atoms. The Labute approximate surface area is 184 Å². The van der Waals surface area contributed by atoms with Crippen LogP contribution in [0, 0.1) is 5.92 Å². The summed E-state index contributed by atoms with van der Waals surface area (Å²) in [5.74, 6) is -6.53. The van der Waals surface area contributed by atoms with Crippen LogP contribution >= 0.6 is 0 Å². The summed E-state index contributed by atoms with van der Waals surface area (Å²) >= 11 is 0. The van der Waals surface area contributed by atoms with Gasteiger partial charge in [-0.3, -0.25) is 24.0 Å². The van der Waals surface area contributed by atoms with Gasteiger partial charge in [-0.1, -0.05) is 13.8 Å². The van der Waals surface area contributed by atoms with Crippen molar-refractivity contribution in [3.05, 3.63) is 0 Å². The summed E-state index contributed by atoms with van der Waals surface area (Å²) < 4.78 is 0. The molecule has 4 unspecified atom stereocenters. The van der Waals surface area contributed by atoms with Crippen molar-refractivity contribution in [2.45, 2.75) is 63.7 Å². The molecule has 182 valence electrons. The van der Waals surface area contributed by atoms with E-state index in [1.807, 2.05) is 5.32 Å². The van der Waals surface area contributed by atoms with Crippen molar-refractivity contribution in [1.82, 2.24) is 16.0 Å². The van der Waals surface area contributed by atoms with Gasteiger partial charge in [-0.05, 0) is 18.8 Å². The quantitative estimate of drug-likeness (QED) is 0.120. The van der Waals surface area contributed by atoms with Crippen molar-refractivity contribution in [2.75, 3.05) is 6.61 Å². The van der Waals surface area contributed by atoms with Crippen LogP contribution in [0.25, 0.3) is 0 Å². The summed E-state index contributed by atoms with van der Waals surface area (Å²) in [6.07, 6.45) is -1.47. The molecule has 4 amide bonds. The normalized spacial score (nSPS) is 14.5. The minimum Gasteiger partial charge on any atom is -0.481 e. The molecule has 0 heterocycles. The van der Waals surface area contributed by atoms with Gasteiger partial charge in [0.25, 0.3) is 0 Å². The van der Waals surface area contributed by atoms with Crippen LogP contribution in [0.4, 0.5) is 0 Å². The van der Waals surface area contributed by atoms with Gasteiger partial charge in [0.05, 0.1) is 12.6 Å². The summed E-state index contributed by atoms with van der Waals surface area (Å²) in [7, 11) is 0. The third kappa shape index (κ3) is 10.7. The second kappa shape index (κ2) is 13.9. The number of primary amides is 1. The van der Waals surface area contributed by atoms with E-state index in [4.69, 9.17) is 26.8 Å². The van der Waals surface area contributed by atoms with Gasteiger partial charge < -0.3 is 42.7 Å². The highest BCUT2D eigenvalue weighted by molar-refractivity contribution is 5.94. The smallest absolute Gasteiger partial charge is 0.328 e. The Morgan fingerprint density at radius 1 is 0.781 bits per heavy atom. The molecule has 0 aromatic carbocycles. The molecule has 0 radical (unpaired) electrons. The van der Waals surface area contributed by atoms with Crippen molar-refractivity contribution in [1.29, 1.82) is 0 Å². The maximum absolute atomic E-state index is 12.7. The molecule has 0 saturated carbocycles. The topological polar surface area (TPSA) is 251 Å². The van der Waals surface area contributed by atoms with Crippen molar-refractivity contribution >= 4 is 35.6 Å². The van der Waals surface area contributed by atoms with Gasteiger partial charge >= 0.3 is 11.9 Å². The first kappa shape index (κ1) is 28.7. The average molecular weight is 461 g/mol. The van der Waals surface area contributed by atoms with E-state index in [1.54, 1.807) is 13.8 Å². The molecule has 0 aliphatic heterocycles. The summed E-state index contributed by atoms with van der Waals surface area (Å²) in [6.45, 7) is 2.41. The number of aliphatic hydroxyl groups is 1. The Morgan fingerprint density at radius 3 is 1.59 bits per heavy atom. The molecule has 10 N–H and O–H groups in total. The van der Waals surface area contributed by atoms with E-state index in [1.165, 1.54) is 0 Å². The predicted molar refractivity (Wildman–Crippen MR) is 109 cm³/mol. The second-order valence-corrected chi connectivity index (χ2v) is 7.41. The maximum Gasteiger partial charge on any atom is 0.328 e. The molecule has 0 aliphatic carbocycles. The van der Waals surface area contributed by atoms with Crippen LogP contribution in [0.3, 0.4) is 0 Å². The number of amides is 4. The van der Waals surface area contributed by atoms with Gasteiger partial charge in [-0.25, -0.2) is 4.79 Å². The first-order chi connectivity index (χ1) is 14.8. The highest BCUT2D eigenvalue weighted by atomic mass is 16.4. The summed E-state index contributed by atoms with van der Waals surface area (Å²) in [5, 5.41) is 33.5. The number of nitrogens with two attached hydrogens (primary N) is 2. The number of aliphatic carboxylic acids is 2. The molecular weight excluding hydrogens is 430 g/mol. The zero-order chi connectivity index (χ0) is 25.0. The Hall–Kier alpha value is -3.26. The van der Waals surface area contributed by atoms with Gasteiger partial charge in [-0.2, -0.15) is 0 Å². The predicted octanol–water partition coefficient (Wildman–Crippen LogP) is -3.37. The fourth-order valence-electron chi connectivity index (χ4n) is 2.39. The molecule has 14 nitrogen and oxygen atoms in total. The van der Waals surface area contributed by atoms with Crippen LogP contribution < -0.4 is 27.4 Å². The number of aliphatic hydroxyl groups excluding tert-OH is 1. The first-order valence-electron chi connectivity index (χ1n) is 9.80. The van der Waals surface area contributed by atoms with Crippen LogP contribution in [0.5, 0.6) is 0 Å². The molecular formula is C18H31N5O9. The monoisotopic (exact) mass is 461 g/mol. The van der Waals surface area contributed by atoms with E-state index in [0.717, 1.165) is 0 Å². The fourth-order valence-corrected chi connectivity index (χ4v) is 2.39. The highest BCUT2D eigenvalue weighted by Gasteiger charge is 2.31. The van der Waals surface area contributed by atoms with Gasteiger partial charge in [0, 0.05) is 12.8 Å². The Bertz CT molecular complexity index is 713. The molecule has 0 saturated heterocycles. The first-order valence-corrected chi connectivity index (χ1v) is 9.80. The Balaban J connectivity index is 5.55. The van der Waals surface area contributed by atoms with E-state index in [9.17, 15) is 28.8 Å². The number of carbonyl (C=O) groups excluding carboxylic acids is 4. The number of rotatable bonds is 15. The minimum absolute atomic E-state index is 0.223. The number of hydrogen-bond acceptors (Lipinski definition) is 8. The minimum atomic E-state index is -1.68. The third-order valence-corrected chi connectivity index (χ3v) is 4.41. The van der Waals surface area contributed by atoms with Crippen molar-refractivity contribution in [3.8, 4) is 0 Å². The molecule has 0 fully saturated rings. The fraction of sp³-hybridized carbons (Fsp3) is 0.667. The molecule has 32 heavy (non-hydrogen) atoms. The summed E-state index contributed by atoms with van der Waals surface area (Å²) in [4.78, 5) is 70.4. The van der Waals surface area contributed by atoms with Crippen LogP contribution in [0.1, 0.15) is 39.5 Å². The number of hydrogen-bond donors (Lipinski definition) is 8. The molecule has 0 aromatic rings. The van der Waals surface area contributed by atoms with Crippen LogP contribution in [0.15, 0.2) is 0 Å². The van der Waals surface area contributed by atoms with Crippen LogP contribution in [-0.4, -0.2) is 81.7 Å². The Morgan fingerprint density at radius 2 is 1.22 bits per heavy atom. The molecule has 0 aliphatic rings. The standard InChI is InChI=1S/C18H31N5O9/c1-8(2)14(20)17(30)22-9(3-5-12(19)25)15(28)21-10(4-6-13(26)27)16(29)23-11(7-24)18(31)32/h8-11,14,24H,3-7,20H2,1-2H3,(H2,19,25)(H,21,28)(H,22,30)(H,23,29)(H,26,27)(H,31,32). The lowest BCUT2D eigenvalue weighted by Crippen LogP contribution is -2.58. The van der Waals surface area contributed by atoms with Gasteiger partial charge in [0.1, 0.15) is 18.1 Å². The van der Waals surface area contributed by atoms with Gasteiger partial charge in [0.15, 0.2) is 0 Å². The molecule has 14 heteroatoms. The van der Waals surface area contributed by atoms with Crippen LogP contribution in [-0.2, 0) is 28.8 Å². The molecule has 4 atom stereocenters. The molecule has 0 aromatic heterocycles. The van der Waals surface area contributed by atoms with E-state index < -0.39 is 79.2 Å². The summed E-state index contributed by atoms with van der Waals surface area (Å²) in [5.41, 5.74) is 10.8. The molecule has 0 rings (SSSR count). The third-order valence-electron chi connectivity index (χ3n) is 4.41. The lowest BCUT2D eigenvalue weighted by molar-refractivity contribution is -0.144. The number of nitrogens with one attached hydrogen (secondary N) is 3. The van der Waals surface area contributed by atoms with Gasteiger partial charge in [-0.15, -0.1) is 0 Å². The second-order valence-electron chi connectivity index (χ2n) is 7.41. The van der Waals surface area contributed by atoms with Crippen LogP contribution in [0.2, 0.25) is 0 Å². The average Bonchev–Trinajstić information content (AvgIpc) is 2.70.